The summed E-state index contributed by atoms with van der Waals surface area (Å²) in [4.78, 5) is 1.94. The number of ether oxygens (including phenoxy) is 1. The molecule has 124 valence electrons. The van der Waals surface area contributed by atoms with Crippen molar-refractivity contribution in [2.24, 2.45) is 0 Å². The molecular weight excluding hydrogens is 314 g/mol. The van der Waals surface area contributed by atoms with Crippen LogP contribution in [0.3, 0.4) is 0 Å². The van der Waals surface area contributed by atoms with E-state index in [1.54, 1.807) is 31.4 Å². The molecule has 0 fully saturated rings. The lowest BCUT2D eigenvalue weighted by atomic mass is 10.2. The molecule has 0 spiro atoms. The summed E-state index contributed by atoms with van der Waals surface area (Å²) in [6.45, 7) is 1.05. The highest BCUT2D eigenvalue weighted by Crippen LogP contribution is 2.14. The molecule has 2 aromatic carbocycles. The van der Waals surface area contributed by atoms with Crippen molar-refractivity contribution < 1.29 is 17.3 Å². The van der Waals surface area contributed by atoms with Crippen LogP contribution >= 0.6 is 0 Å². The molecule has 23 heavy (non-hydrogen) atoms. The van der Waals surface area contributed by atoms with Crippen LogP contribution in [-0.2, 0) is 16.7 Å². The Balaban J connectivity index is 1.84. The number of benzene rings is 2. The first-order chi connectivity index (χ1) is 11.0. The van der Waals surface area contributed by atoms with E-state index in [9.17, 15) is 8.42 Å². The Bertz CT molecular complexity index is 699. The van der Waals surface area contributed by atoms with Crippen molar-refractivity contribution in [1.29, 1.82) is 0 Å². The van der Waals surface area contributed by atoms with Gasteiger partial charge in [0.15, 0.2) is 0 Å². The maximum absolute atomic E-state index is 12.0. The minimum atomic E-state index is -3.59. The maximum Gasteiger partial charge on any atom is 0.310 e. The van der Waals surface area contributed by atoms with Crippen LogP contribution in [0.15, 0.2) is 54.6 Å². The van der Waals surface area contributed by atoms with Crippen LogP contribution in [0, 0.1) is 0 Å². The quantitative estimate of drug-likeness (QED) is 0.694. The first-order valence-corrected chi connectivity index (χ1v) is 8.85. The van der Waals surface area contributed by atoms with Gasteiger partial charge in [0, 0.05) is 13.1 Å². The predicted octanol–water partition coefficient (Wildman–Crippen LogP) is 2.54. The molecule has 0 aliphatic heterocycles. The second kappa shape index (κ2) is 7.99. The third-order valence-corrected chi connectivity index (χ3v) is 4.43. The smallest absolute Gasteiger partial charge is 0.310 e. The van der Waals surface area contributed by atoms with Crippen molar-refractivity contribution in [3.05, 3.63) is 60.2 Å². The summed E-state index contributed by atoms with van der Waals surface area (Å²) >= 11 is 0. The monoisotopic (exact) mass is 335 g/mol. The van der Waals surface area contributed by atoms with Gasteiger partial charge in [-0.3, -0.25) is 0 Å². The number of methoxy groups -OCH3 is 1. The van der Waals surface area contributed by atoms with Crippen molar-refractivity contribution in [2.75, 3.05) is 26.5 Å². The van der Waals surface area contributed by atoms with E-state index in [-0.39, 0.29) is 5.75 Å². The zero-order valence-corrected chi connectivity index (χ0v) is 14.1. The largest absolute Gasteiger partial charge is 0.497 e. The van der Waals surface area contributed by atoms with Crippen molar-refractivity contribution in [3.63, 3.8) is 0 Å². The van der Waals surface area contributed by atoms with E-state index < -0.39 is 10.1 Å². The molecule has 2 aromatic rings. The van der Waals surface area contributed by atoms with Crippen molar-refractivity contribution in [1.82, 2.24) is 4.90 Å². The molecule has 6 heteroatoms. The van der Waals surface area contributed by atoms with Crippen LogP contribution in [0.4, 0.5) is 0 Å². The highest BCUT2D eigenvalue weighted by molar-refractivity contribution is 7.87. The van der Waals surface area contributed by atoms with Gasteiger partial charge in [-0.25, -0.2) is 0 Å². The summed E-state index contributed by atoms with van der Waals surface area (Å²) in [5, 5.41) is 0. The summed E-state index contributed by atoms with van der Waals surface area (Å²) in [6.07, 6.45) is 0. The van der Waals surface area contributed by atoms with E-state index in [2.05, 4.69) is 0 Å². The van der Waals surface area contributed by atoms with Gasteiger partial charge >= 0.3 is 10.1 Å². The lowest BCUT2D eigenvalue weighted by Crippen LogP contribution is -2.27. The van der Waals surface area contributed by atoms with Gasteiger partial charge in [-0.2, -0.15) is 8.42 Å². The lowest BCUT2D eigenvalue weighted by Gasteiger charge is -2.17. The van der Waals surface area contributed by atoms with Gasteiger partial charge in [-0.15, -0.1) is 0 Å². The first kappa shape index (κ1) is 17.3. The third kappa shape index (κ3) is 5.92. The molecule has 0 heterocycles. The van der Waals surface area contributed by atoms with Gasteiger partial charge < -0.3 is 13.8 Å². The maximum atomic E-state index is 12.0. The van der Waals surface area contributed by atoms with Gasteiger partial charge in [-0.05, 0) is 36.9 Å². The van der Waals surface area contributed by atoms with Gasteiger partial charge in [0.1, 0.15) is 11.5 Å². The Kier molecular flexibility index (Phi) is 6.01. The van der Waals surface area contributed by atoms with Crippen LogP contribution in [-0.4, -0.2) is 39.8 Å². The van der Waals surface area contributed by atoms with Crippen molar-refractivity contribution in [2.45, 2.75) is 6.54 Å². The average molecular weight is 335 g/mol. The molecule has 0 unspecified atom stereocenters. The van der Waals surface area contributed by atoms with Crippen LogP contribution in [0.2, 0.25) is 0 Å². The Morgan fingerprint density at radius 2 is 1.61 bits per heavy atom. The molecule has 0 saturated heterocycles. The second-order valence-corrected chi connectivity index (χ2v) is 6.93. The van der Waals surface area contributed by atoms with Gasteiger partial charge in [0.25, 0.3) is 0 Å². The minimum Gasteiger partial charge on any atom is -0.497 e. The number of nitrogens with zero attached hydrogens (tertiary/aromatic N) is 1. The Hall–Kier alpha value is -2.05. The van der Waals surface area contributed by atoms with Gasteiger partial charge in [0.05, 0.1) is 12.9 Å². The fraction of sp³-hybridized carbons (Fsp3) is 0.294. The fourth-order valence-electron chi connectivity index (χ4n) is 2.05. The Morgan fingerprint density at radius 3 is 2.22 bits per heavy atom. The molecule has 0 aromatic heterocycles. The summed E-state index contributed by atoms with van der Waals surface area (Å²) < 4.78 is 34.1. The Labute approximate surface area is 137 Å². The molecule has 0 atom stereocenters. The minimum absolute atomic E-state index is 0.0610. The molecule has 2 rings (SSSR count). The van der Waals surface area contributed by atoms with E-state index in [1.165, 1.54) is 0 Å². The summed E-state index contributed by atoms with van der Waals surface area (Å²) in [6, 6.07) is 16.2. The number of hydrogen-bond donors (Lipinski definition) is 0. The van der Waals surface area contributed by atoms with Crippen molar-refractivity contribution in [3.8, 4) is 11.5 Å². The van der Waals surface area contributed by atoms with E-state index in [1.807, 2.05) is 42.3 Å². The number of hydrogen-bond acceptors (Lipinski definition) is 5. The molecule has 0 aliphatic rings. The second-order valence-electron chi connectivity index (χ2n) is 5.24. The molecular formula is C17H21NO4S. The van der Waals surface area contributed by atoms with E-state index in [0.717, 1.165) is 11.3 Å². The fourth-order valence-corrected chi connectivity index (χ4v) is 3.08. The highest BCUT2D eigenvalue weighted by Gasteiger charge is 2.14. The SMILES string of the molecule is COc1ccc(CN(C)CCS(=O)(=O)Oc2ccccc2)cc1. The van der Waals surface area contributed by atoms with Crippen LogP contribution in [0.5, 0.6) is 11.5 Å². The summed E-state index contributed by atoms with van der Waals surface area (Å²) in [7, 11) is -0.0933. The summed E-state index contributed by atoms with van der Waals surface area (Å²) in [5.41, 5.74) is 1.09. The zero-order chi connectivity index (χ0) is 16.7. The number of rotatable bonds is 8. The number of para-hydroxylation sites is 1. The highest BCUT2D eigenvalue weighted by atomic mass is 32.2. The van der Waals surface area contributed by atoms with Gasteiger partial charge in [-0.1, -0.05) is 30.3 Å². The molecule has 0 saturated carbocycles. The van der Waals surface area contributed by atoms with Crippen LogP contribution in [0.1, 0.15) is 5.56 Å². The Morgan fingerprint density at radius 1 is 0.957 bits per heavy atom. The predicted molar refractivity (Wildman–Crippen MR) is 90.2 cm³/mol. The molecule has 0 radical (unpaired) electrons. The van der Waals surface area contributed by atoms with Gasteiger partial charge in [0.2, 0.25) is 0 Å². The lowest BCUT2D eigenvalue weighted by molar-refractivity contribution is 0.342. The molecule has 0 N–H and O–H groups in total. The van der Waals surface area contributed by atoms with E-state index >= 15 is 0 Å². The zero-order valence-electron chi connectivity index (χ0n) is 13.3. The van der Waals surface area contributed by atoms with Crippen molar-refractivity contribution >= 4 is 10.1 Å². The molecule has 5 nitrogen and oxygen atoms in total. The van der Waals surface area contributed by atoms with Crippen LogP contribution in [0.25, 0.3) is 0 Å². The normalized spacial score (nSPS) is 11.4. The molecule has 0 bridgehead atoms. The van der Waals surface area contributed by atoms with Crippen LogP contribution < -0.4 is 8.92 Å². The third-order valence-electron chi connectivity index (χ3n) is 3.30. The summed E-state index contributed by atoms with van der Waals surface area (Å²) in [5.74, 6) is 1.08. The van der Waals surface area contributed by atoms with E-state index in [0.29, 0.717) is 18.8 Å². The first-order valence-electron chi connectivity index (χ1n) is 7.27. The molecule has 0 aliphatic carbocycles. The average Bonchev–Trinajstić information content (AvgIpc) is 2.54. The molecule has 0 amide bonds. The topological polar surface area (TPSA) is 55.8 Å². The van der Waals surface area contributed by atoms with E-state index in [4.69, 9.17) is 8.92 Å². The standard InChI is InChI=1S/C17H21NO4S/c1-18(14-15-8-10-16(21-2)11-9-15)12-13-23(19,20)22-17-6-4-3-5-7-17/h3-11H,12-14H2,1-2H3.